The van der Waals surface area contributed by atoms with Crippen molar-refractivity contribution >= 4 is 11.4 Å². The number of alkyl halides is 3. The summed E-state index contributed by atoms with van der Waals surface area (Å²) in [6.45, 7) is 2.67. The molecule has 0 radical (unpaired) electrons. The van der Waals surface area contributed by atoms with Crippen LogP contribution in [0.2, 0.25) is 0 Å². The Morgan fingerprint density at radius 3 is 2.56 bits per heavy atom. The maximum Gasteiger partial charge on any atom is 0.417 e. The third-order valence-corrected chi connectivity index (χ3v) is 8.10. The predicted octanol–water partition coefficient (Wildman–Crippen LogP) is 6.06. The molecule has 0 amide bonds. The lowest BCUT2D eigenvalue weighted by molar-refractivity contribution is -0.279. The molecular formula is C25H28F4N2O. The average Bonchev–Trinajstić information content (AvgIpc) is 3.09. The predicted molar refractivity (Wildman–Crippen MR) is 115 cm³/mol. The highest BCUT2D eigenvalue weighted by molar-refractivity contribution is 5.70. The Morgan fingerprint density at radius 2 is 1.88 bits per heavy atom. The number of aliphatic hydroxyl groups is 1. The van der Waals surface area contributed by atoms with Crippen LogP contribution in [-0.2, 0) is 18.4 Å². The van der Waals surface area contributed by atoms with E-state index < -0.39 is 11.8 Å². The molecular weight excluding hydrogens is 420 g/mol. The van der Waals surface area contributed by atoms with Crippen LogP contribution in [0.4, 0.5) is 28.9 Å². The third kappa shape index (κ3) is 3.24. The SMILES string of the molecule is CC[C@]12CC[C@@](O)(C(F)(F)F)C[C@@H]1CCCc1cc3c(cc12)CNN3c1ccc(F)cc1. The summed E-state index contributed by atoms with van der Waals surface area (Å²) in [6, 6.07) is 10.7. The topological polar surface area (TPSA) is 35.5 Å². The Morgan fingerprint density at radius 1 is 1.12 bits per heavy atom. The van der Waals surface area contributed by atoms with Crippen LogP contribution in [0.3, 0.4) is 0 Å². The Bertz CT molecular complexity index is 1020. The highest BCUT2D eigenvalue weighted by Gasteiger charge is 2.60. The van der Waals surface area contributed by atoms with Crippen molar-refractivity contribution in [2.24, 2.45) is 5.92 Å². The number of rotatable bonds is 2. The van der Waals surface area contributed by atoms with Gasteiger partial charge in [-0.05, 0) is 103 Å². The molecule has 5 rings (SSSR count). The molecule has 3 nitrogen and oxygen atoms in total. The fraction of sp³-hybridized carbons (Fsp3) is 0.520. The lowest BCUT2D eigenvalue weighted by atomic mass is 9.56. The van der Waals surface area contributed by atoms with Crippen molar-refractivity contribution in [1.82, 2.24) is 5.43 Å². The van der Waals surface area contributed by atoms with E-state index in [1.54, 1.807) is 12.1 Å². The van der Waals surface area contributed by atoms with Crippen LogP contribution >= 0.6 is 0 Å². The first kappa shape index (κ1) is 21.7. The molecule has 2 aliphatic carbocycles. The Balaban J connectivity index is 1.55. The van der Waals surface area contributed by atoms with Crippen LogP contribution in [0.5, 0.6) is 0 Å². The normalized spacial score (nSPS) is 29.8. The van der Waals surface area contributed by atoms with Gasteiger partial charge < -0.3 is 5.11 Å². The summed E-state index contributed by atoms with van der Waals surface area (Å²) >= 11 is 0. The first-order valence-electron chi connectivity index (χ1n) is 11.4. The van der Waals surface area contributed by atoms with Gasteiger partial charge in [0, 0.05) is 6.54 Å². The van der Waals surface area contributed by atoms with E-state index in [1.165, 1.54) is 17.7 Å². The van der Waals surface area contributed by atoms with Gasteiger partial charge in [0.1, 0.15) is 5.82 Å². The Labute approximate surface area is 185 Å². The molecule has 1 aliphatic heterocycles. The molecule has 1 fully saturated rings. The summed E-state index contributed by atoms with van der Waals surface area (Å²) in [5.74, 6) is -0.489. The minimum Gasteiger partial charge on any atom is -0.380 e. The number of nitrogens with one attached hydrogen (secondary N) is 1. The number of nitrogens with zero attached hydrogens (tertiary/aromatic N) is 1. The van der Waals surface area contributed by atoms with Gasteiger partial charge in [0.05, 0.1) is 11.4 Å². The standard InChI is InChI=1S/C25H28F4N2O/c1-2-23-10-11-24(32,25(27,28)29)14-18(23)5-3-4-16-13-22-17(12-21(16)23)15-30-31(22)20-8-6-19(26)7-9-20/h6-9,12-13,18,30,32H,2-5,10-11,14-15H2,1H3/t18-,23-,24-/m0/s1. The molecule has 7 heteroatoms. The summed E-state index contributed by atoms with van der Waals surface area (Å²) < 4.78 is 54.3. The van der Waals surface area contributed by atoms with Gasteiger partial charge in [-0.2, -0.15) is 13.2 Å². The number of fused-ring (bicyclic) bond motifs is 4. The van der Waals surface area contributed by atoms with E-state index in [-0.39, 0.29) is 30.0 Å². The van der Waals surface area contributed by atoms with Gasteiger partial charge in [-0.25, -0.2) is 9.82 Å². The molecule has 0 aromatic heterocycles. The number of halogens is 4. The van der Waals surface area contributed by atoms with Gasteiger partial charge in [-0.15, -0.1) is 0 Å². The second kappa shape index (κ2) is 7.45. The molecule has 2 aromatic carbocycles. The number of hydrazine groups is 1. The Hall–Kier alpha value is -2.12. The molecule has 0 bridgehead atoms. The van der Waals surface area contributed by atoms with E-state index in [0.717, 1.165) is 41.8 Å². The van der Waals surface area contributed by atoms with E-state index in [1.807, 2.05) is 5.01 Å². The molecule has 2 aromatic rings. The highest BCUT2D eigenvalue weighted by Crippen LogP contribution is 2.57. The zero-order chi connectivity index (χ0) is 22.7. The fourth-order valence-electron chi connectivity index (χ4n) is 6.29. The van der Waals surface area contributed by atoms with Gasteiger partial charge in [0.2, 0.25) is 0 Å². The Kier molecular flexibility index (Phi) is 5.06. The fourth-order valence-corrected chi connectivity index (χ4v) is 6.29. The van der Waals surface area contributed by atoms with Gasteiger partial charge in [-0.1, -0.05) is 13.0 Å². The maximum absolute atomic E-state index is 13.6. The molecule has 1 saturated carbocycles. The first-order valence-corrected chi connectivity index (χ1v) is 11.4. The summed E-state index contributed by atoms with van der Waals surface area (Å²) in [4.78, 5) is 0. The number of aryl methyl sites for hydroxylation is 1. The maximum atomic E-state index is 13.6. The number of benzene rings is 2. The van der Waals surface area contributed by atoms with Gasteiger partial charge >= 0.3 is 6.18 Å². The molecule has 3 atom stereocenters. The first-order chi connectivity index (χ1) is 15.2. The molecule has 1 heterocycles. The number of anilines is 2. The molecule has 32 heavy (non-hydrogen) atoms. The number of hydrogen-bond acceptors (Lipinski definition) is 3. The van der Waals surface area contributed by atoms with E-state index in [9.17, 15) is 22.7 Å². The van der Waals surface area contributed by atoms with Crippen LogP contribution in [0.25, 0.3) is 0 Å². The van der Waals surface area contributed by atoms with Crippen molar-refractivity contribution in [2.45, 2.75) is 75.6 Å². The largest absolute Gasteiger partial charge is 0.417 e. The van der Waals surface area contributed by atoms with Crippen molar-refractivity contribution in [3.8, 4) is 0 Å². The van der Waals surface area contributed by atoms with Crippen LogP contribution in [0.15, 0.2) is 36.4 Å². The molecule has 0 spiro atoms. The van der Waals surface area contributed by atoms with Crippen LogP contribution in [0.1, 0.15) is 62.1 Å². The van der Waals surface area contributed by atoms with E-state index in [0.29, 0.717) is 19.4 Å². The van der Waals surface area contributed by atoms with Gasteiger partial charge in [0.25, 0.3) is 0 Å². The third-order valence-electron chi connectivity index (χ3n) is 8.10. The highest BCUT2D eigenvalue weighted by atomic mass is 19.4. The molecule has 3 aliphatic rings. The van der Waals surface area contributed by atoms with Crippen LogP contribution in [-0.4, -0.2) is 16.9 Å². The van der Waals surface area contributed by atoms with E-state index >= 15 is 0 Å². The summed E-state index contributed by atoms with van der Waals surface area (Å²) in [7, 11) is 0. The minimum atomic E-state index is -4.60. The van der Waals surface area contributed by atoms with Gasteiger partial charge in [0.15, 0.2) is 5.60 Å². The van der Waals surface area contributed by atoms with Crippen molar-refractivity contribution in [2.75, 3.05) is 5.01 Å². The minimum absolute atomic E-state index is 0.199. The summed E-state index contributed by atoms with van der Waals surface area (Å²) in [5, 5.41) is 12.4. The quantitative estimate of drug-likeness (QED) is 0.548. The van der Waals surface area contributed by atoms with Crippen LogP contribution in [0, 0.1) is 11.7 Å². The second-order valence-corrected chi connectivity index (χ2v) is 9.62. The van der Waals surface area contributed by atoms with Crippen molar-refractivity contribution in [1.29, 1.82) is 0 Å². The lowest BCUT2D eigenvalue weighted by Crippen LogP contribution is -2.54. The lowest BCUT2D eigenvalue weighted by Gasteiger charge is -2.50. The molecule has 0 unspecified atom stereocenters. The van der Waals surface area contributed by atoms with E-state index in [2.05, 4.69) is 24.5 Å². The van der Waals surface area contributed by atoms with Crippen molar-refractivity contribution in [3.05, 3.63) is 58.9 Å². The van der Waals surface area contributed by atoms with Crippen molar-refractivity contribution in [3.63, 3.8) is 0 Å². The number of hydrogen-bond donors (Lipinski definition) is 2. The molecule has 172 valence electrons. The van der Waals surface area contributed by atoms with E-state index in [4.69, 9.17) is 0 Å². The zero-order valence-corrected chi connectivity index (χ0v) is 18.1. The summed E-state index contributed by atoms with van der Waals surface area (Å²) in [5.41, 5.74) is 5.72. The van der Waals surface area contributed by atoms with Crippen molar-refractivity contribution < 1.29 is 22.7 Å². The molecule has 0 saturated heterocycles. The smallest absolute Gasteiger partial charge is 0.380 e. The van der Waals surface area contributed by atoms with Gasteiger partial charge in [-0.3, -0.25) is 5.01 Å². The monoisotopic (exact) mass is 448 g/mol. The molecule has 2 N–H and O–H groups in total. The summed E-state index contributed by atoms with van der Waals surface area (Å²) in [6.07, 6.45) is -1.68. The zero-order valence-electron chi connectivity index (χ0n) is 18.1. The average molecular weight is 449 g/mol. The van der Waals surface area contributed by atoms with Crippen LogP contribution < -0.4 is 10.4 Å². The second-order valence-electron chi connectivity index (χ2n) is 9.62.